The van der Waals surface area contributed by atoms with Crippen LogP contribution in [0.5, 0.6) is 17.2 Å². The van der Waals surface area contributed by atoms with Crippen molar-refractivity contribution in [1.29, 1.82) is 0 Å². The van der Waals surface area contributed by atoms with Crippen LogP contribution >= 0.6 is 0 Å². The molecule has 4 heteroatoms. The molecule has 0 radical (unpaired) electrons. The van der Waals surface area contributed by atoms with Crippen LogP contribution in [0.2, 0.25) is 0 Å². The fraction of sp³-hybridized carbons (Fsp3) is 0.316. The molecule has 2 rings (SSSR count). The number of methoxy groups -OCH3 is 3. The van der Waals surface area contributed by atoms with Gasteiger partial charge in [-0.25, -0.2) is 0 Å². The lowest BCUT2D eigenvalue weighted by Gasteiger charge is -2.20. The first-order chi connectivity index (χ1) is 11.0. The molecule has 2 aromatic carbocycles. The van der Waals surface area contributed by atoms with Crippen LogP contribution in [0.25, 0.3) is 0 Å². The van der Waals surface area contributed by atoms with Crippen molar-refractivity contribution in [2.24, 2.45) is 4.99 Å². The normalized spacial score (nSPS) is 11.5. The lowest BCUT2D eigenvalue weighted by molar-refractivity contribution is 0.374. The van der Waals surface area contributed by atoms with Crippen LogP contribution in [0.4, 0.5) is 0 Å². The van der Waals surface area contributed by atoms with Crippen molar-refractivity contribution in [2.75, 3.05) is 21.3 Å². The molecule has 23 heavy (non-hydrogen) atoms. The molecule has 0 amide bonds. The maximum atomic E-state index is 5.45. The van der Waals surface area contributed by atoms with E-state index in [4.69, 9.17) is 19.2 Å². The summed E-state index contributed by atoms with van der Waals surface area (Å²) < 4.78 is 16.2. The van der Waals surface area contributed by atoms with E-state index < -0.39 is 0 Å². The maximum absolute atomic E-state index is 5.45. The maximum Gasteiger partial charge on any atom is 0.135 e. The molecule has 0 aliphatic heterocycles. The molecule has 0 N–H and O–H groups in total. The van der Waals surface area contributed by atoms with Gasteiger partial charge in [-0.05, 0) is 19.4 Å². The third kappa shape index (κ3) is 3.83. The van der Waals surface area contributed by atoms with E-state index in [2.05, 4.69) is 26.0 Å². The van der Waals surface area contributed by atoms with E-state index >= 15 is 0 Å². The van der Waals surface area contributed by atoms with Crippen LogP contribution in [-0.2, 0) is 5.54 Å². The van der Waals surface area contributed by atoms with E-state index in [9.17, 15) is 0 Å². The van der Waals surface area contributed by atoms with Crippen LogP contribution < -0.4 is 14.2 Å². The molecule has 0 spiro atoms. The van der Waals surface area contributed by atoms with E-state index in [1.807, 2.05) is 30.3 Å². The zero-order chi connectivity index (χ0) is 16.9. The molecule has 0 fully saturated rings. The average Bonchev–Trinajstić information content (AvgIpc) is 2.59. The van der Waals surface area contributed by atoms with Gasteiger partial charge in [0.1, 0.15) is 17.2 Å². The van der Waals surface area contributed by atoms with Crippen molar-refractivity contribution in [1.82, 2.24) is 0 Å². The fourth-order valence-corrected chi connectivity index (χ4v) is 2.31. The van der Waals surface area contributed by atoms with Crippen LogP contribution in [0, 0.1) is 0 Å². The summed E-state index contributed by atoms with van der Waals surface area (Å²) in [5, 5.41) is 0. The quantitative estimate of drug-likeness (QED) is 0.755. The number of hydrogen-bond donors (Lipinski definition) is 0. The number of aliphatic imine (C=N–C) groups is 1. The highest BCUT2D eigenvalue weighted by molar-refractivity contribution is 5.88. The minimum Gasteiger partial charge on any atom is -0.496 e. The molecule has 0 saturated carbocycles. The fourth-order valence-electron chi connectivity index (χ4n) is 2.31. The van der Waals surface area contributed by atoms with Gasteiger partial charge in [-0.1, -0.05) is 30.3 Å². The molecule has 0 bridgehead atoms. The highest BCUT2D eigenvalue weighted by Crippen LogP contribution is 2.33. The minimum atomic E-state index is -0.350. The Hall–Kier alpha value is -2.49. The van der Waals surface area contributed by atoms with E-state index in [0.717, 1.165) is 11.1 Å². The van der Waals surface area contributed by atoms with Crippen LogP contribution in [-0.4, -0.2) is 27.5 Å². The first-order valence-corrected chi connectivity index (χ1v) is 7.42. The Balaban J connectivity index is 2.42. The average molecular weight is 313 g/mol. The number of ether oxygens (including phenoxy) is 3. The monoisotopic (exact) mass is 313 g/mol. The predicted octanol–water partition coefficient (Wildman–Crippen LogP) is 4.07. The minimum absolute atomic E-state index is 0.350. The van der Waals surface area contributed by atoms with Gasteiger partial charge in [0, 0.05) is 18.3 Å². The van der Waals surface area contributed by atoms with E-state index in [0.29, 0.717) is 17.2 Å². The van der Waals surface area contributed by atoms with Gasteiger partial charge in [0.05, 0.1) is 32.4 Å². The highest BCUT2D eigenvalue weighted by Gasteiger charge is 2.19. The molecule has 0 aliphatic rings. The Kier molecular flexibility index (Phi) is 5.27. The number of rotatable bonds is 6. The van der Waals surface area contributed by atoms with Gasteiger partial charge in [0.2, 0.25) is 0 Å². The zero-order valence-electron chi connectivity index (χ0n) is 14.3. The first kappa shape index (κ1) is 16.9. The number of benzene rings is 2. The van der Waals surface area contributed by atoms with Crippen LogP contribution in [0.3, 0.4) is 0 Å². The summed E-state index contributed by atoms with van der Waals surface area (Å²) in [5.41, 5.74) is 1.58. The summed E-state index contributed by atoms with van der Waals surface area (Å²) in [4.78, 5) is 4.74. The Morgan fingerprint density at radius 3 is 1.91 bits per heavy atom. The van der Waals surface area contributed by atoms with Gasteiger partial charge in [0.25, 0.3) is 0 Å². The molecule has 0 saturated heterocycles. The van der Waals surface area contributed by atoms with Crippen molar-refractivity contribution in [3.05, 3.63) is 53.6 Å². The van der Waals surface area contributed by atoms with Gasteiger partial charge >= 0.3 is 0 Å². The first-order valence-electron chi connectivity index (χ1n) is 7.42. The third-order valence-corrected chi connectivity index (χ3v) is 3.75. The lowest BCUT2D eigenvalue weighted by Crippen LogP contribution is -2.14. The van der Waals surface area contributed by atoms with Gasteiger partial charge in [0.15, 0.2) is 0 Å². The van der Waals surface area contributed by atoms with Crippen molar-refractivity contribution in [3.8, 4) is 17.2 Å². The Labute approximate surface area is 137 Å². The Morgan fingerprint density at radius 2 is 1.43 bits per heavy atom. The zero-order valence-corrected chi connectivity index (χ0v) is 14.3. The molecular weight excluding hydrogens is 290 g/mol. The number of nitrogens with zero attached hydrogens (tertiary/aromatic N) is 1. The molecule has 2 aromatic rings. The number of hydrogen-bond acceptors (Lipinski definition) is 4. The molecule has 0 unspecified atom stereocenters. The van der Waals surface area contributed by atoms with E-state index in [1.165, 1.54) is 0 Å². The summed E-state index contributed by atoms with van der Waals surface area (Å²) in [6.07, 6.45) is 1.80. The van der Waals surface area contributed by atoms with E-state index in [-0.39, 0.29) is 5.54 Å². The summed E-state index contributed by atoms with van der Waals surface area (Å²) in [6, 6.07) is 13.8. The smallest absolute Gasteiger partial charge is 0.135 e. The van der Waals surface area contributed by atoms with Crippen LogP contribution in [0.1, 0.15) is 25.0 Å². The predicted molar refractivity (Wildman–Crippen MR) is 93.2 cm³/mol. The van der Waals surface area contributed by atoms with Gasteiger partial charge in [-0.15, -0.1) is 0 Å². The lowest BCUT2D eigenvalue weighted by atomic mass is 9.95. The summed E-state index contributed by atoms with van der Waals surface area (Å²) in [7, 11) is 4.85. The molecule has 0 aromatic heterocycles. The summed E-state index contributed by atoms with van der Waals surface area (Å²) in [5.74, 6) is 2.00. The summed E-state index contributed by atoms with van der Waals surface area (Å²) in [6.45, 7) is 4.14. The molecular formula is C19H23NO3. The standard InChI is InChI=1S/C19H23NO3/c1-19(2,14-9-7-6-8-10-14)20-13-16-17(22-4)11-15(21-3)12-18(16)23-5/h6-13H,1-5H3. The van der Waals surface area contributed by atoms with Crippen molar-refractivity contribution in [2.45, 2.75) is 19.4 Å². The summed E-state index contributed by atoms with van der Waals surface area (Å²) >= 11 is 0. The molecule has 4 nitrogen and oxygen atoms in total. The molecule has 0 atom stereocenters. The topological polar surface area (TPSA) is 40.0 Å². The Bertz CT molecular complexity index is 653. The van der Waals surface area contributed by atoms with Crippen molar-refractivity contribution in [3.63, 3.8) is 0 Å². The van der Waals surface area contributed by atoms with Gasteiger partial charge < -0.3 is 14.2 Å². The van der Waals surface area contributed by atoms with Crippen molar-refractivity contribution >= 4 is 6.21 Å². The second kappa shape index (κ2) is 7.18. The van der Waals surface area contributed by atoms with Crippen LogP contribution in [0.15, 0.2) is 47.5 Å². The molecule has 122 valence electrons. The largest absolute Gasteiger partial charge is 0.496 e. The Morgan fingerprint density at radius 1 is 0.870 bits per heavy atom. The third-order valence-electron chi connectivity index (χ3n) is 3.75. The second-order valence-electron chi connectivity index (χ2n) is 5.63. The van der Waals surface area contributed by atoms with Crippen molar-refractivity contribution < 1.29 is 14.2 Å². The SMILES string of the molecule is COc1cc(OC)c(C=NC(C)(C)c2ccccc2)c(OC)c1. The highest BCUT2D eigenvalue weighted by atomic mass is 16.5. The molecule has 0 heterocycles. The van der Waals surface area contributed by atoms with Gasteiger partial charge in [-0.2, -0.15) is 0 Å². The van der Waals surface area contributed by atoms with Gasteiger partial charge in [-0.3, -0.25) is 4.99 Å². The van der Waals surface area contributed by atoms with E-state index in [1.54, 1.807) is 27.5 Å². The second-order valence-corrected chi connectivity index (χ2v) is 5.63. The molecule has 0 aliphatic carbocycles.